The van der Waals surface area contributed by atoms with E-state index in [1.807, 2.05) is 24.3 Å². The number of alkyl carbamates (subject to hydrolysis) is 1. The molecule has 0 bridgehead atoms. The summed E-state index contributed by atoms with van der Waals surface area (Å²) >= 11 is 0. The van der Waals surface area contributed by atoms with Crippen LogP contribution in [0, 0.1) is 11.8 Å². The van der Waals surface area contributed by atoms with Gasteiger partial charge < -0.3 is 30.3 Å². The number of urea groups is 1. The summed E-state index contributed by atoms with van der Waals surface area (Å²) in [6.07, 6.45) is 4.83. The van der Waals surface area contributed by atoms with Crippen molar-refractivity contribution in [3.63, 3.8) is 0 Å². The molecular weight excluding hydrogens is 668 g/mol. The first kappa shape index (κ1) is 38.6. The van der Waals surface area contributed by atoms with Crippen molar-refractivity contribution >= 4 is 29.9 Å². The molecular formula is C37H54N8O7. The van der Waals surface area contributed by atoms with E-state index in [0.717, 1.165) is 45.2 Å². The van der Waals surface area contributed by atoms with Crippen LogP contribution in [-0.2, 0) is 20.7 Å². The van der Waals surface area contributed by atoms with E-state index in [0.29, 0.717) is 23.6 Å². The van der Waals surface area contributed by atoms with Gasteiger partial charge in [-0.2, -0.15) is 4.98 Å². The Morgan fingerprint density at radius 3 is 2.21 bits per heavy atom. The first-order chi connectivity index (χ1) is 24.5. The average Bonchev–Trinajstić information content (AvgIpc) is 3.49. The summed E-state index contributed by atoms with van der Waals surface area (Å²) in [6.45, 7) is 13.8. The first-order valence-corrected chi connectivity index (χ1v) is 18.3. The smallest absolute Gasteiger partial charge is 0.408 e. The number of primary amides is 1. The fraction of sp³-hybridized carbons (Fsp3) is 0.622. The van der Waals surface area contributed by atoms with Gasteiger partial charge in [0.15, 0.2) is 0 Å². The van der Waals surface area contributed by atoms with Gasteiger partial charge in [0.25, 0.3) is 0 Å². The Hall–Kier alpha value is -4.66. The highest BCUT2D eigenvalue weighted by Gasteiger charge is 2.41. The molecule has 15 heteroatoms. The predicted molar refractivity (Wildman–Crippen MR) is 195 cm³/mol. The average molecular weight is 723 g/mol. The van der Waals surface area contributed by atoms with Crippen LogP contribution in [0.2, 0.25) is 0 Å². The van der Waals surface area contributed by atoms with E-state index in [1.165, 1.54) is 10.1 Å². The van der Waals surface area contributed by atoms with Gasteiger partial charge in [-0.3, -0.25) is 19.6 Å². The Kier molecular flexibility index (Phi) is 11.8. The van der Waals surface area contributed by atoms with E-state index in [2.05, 4.69) is 27.4 Å². The van der Waals surface area contributed by atoms with E-state index in [-0.39, 0.29) is 44.0 Å². The summed E-state index contributed by atoms with van der Waals surface area (Å²) in [6, 6.07) is 9.44. The van der Waals surface area contributed by atoms with Crippen LogP contribution in [0.3, 0.4) is 0 Å². The number of hydrogen-bond acceptors (Lipinski definition) is 9. The predicted octanol–water partition coefficient (Wildman–Crippen LogP) is 3.73. The highest BCUT2D eigenvalue weighted by molar-refractivity contribution is 5.90. The molecule has 4 N–H and O–H groups in total. The number of nitrogens with one attached hydrogen (secondary N) is 2. The molecule has 1 aliphatic carbocycles. The van der Waals surface area contributed by atoms with Gasteiger partial charge in [-0.15, -0.1) is 0 Å². The van der Waals surface area contributed by atoms with Gasteiger partial charge in [-0.1, -0.05) is 19.1 Å². The number of rotatable bonds is 9. The lowest BCUT2D eigenvalue weighted by Crippen LogP contribution is -2.60. The SMILES string of the molecule is CCC(Cc1ccc(-n2ccc(NC(=O)N3CCN(C(=O)C(C)(C)NC(=O)OC(C)(C)C)CC3)nc2=O)cc1)N1CC2CCC(OC(N)=O)CC2C1. The number of ether oxygens (including phenoxy) is 2. The molecule has 1 aromatic heterocycles. The van der Waals surface area contributed by atoms with Crippen LogP contribution in [0.5, 0.6) is 0 Å². The zero-order valence-corrected chi connectivity index (χ0v) is 31.2. The zero-order valence-electron chi connectivity index (χ0n) is 31.2. The molecule has 2 saturated heterocycles. The van der Waals surface area contributed by atoms with Crippen molar-refractivity contribution in [2.75, 3.05) is 44.6 Å². The van der Waals surface area contributed by atoms with Crippen LogP contribution >= 0.6 is 0 Å². The van der Waals surface area contributed by atoms with Gasteiger partial charge in [0, 0.05) is 51.5 Å². The monoisotopic (exact) mass is 722 g/mol. The fourth-order valence-electron chi connectivity index (χ4n) is 7.57. The second-order valence-corrected chi connectivity index (χ2v) is 15.7. The largest absolute Gasteiger partial charge is 0.446 e. The van der Waals surface area contributed by atoms with E-state index in [9.17, 15) is 24.0 Å². The van der Waals surface area contributed by atoms with Crippen molar-refractivity contribution in [3.05, 3.63) is 52.6 Å². The molecule has 0 radical (unpaired) electrons. The van der Waals surface area contributed by atoms with E-state index >= 15 is 0 Å². The number of fused-ring (bicyclic) bond motifs is 1. The van der Waals surface area contributed by atoms with Crippen LogP contribution < -0.4 is 22.1 Å². The van der Waals surface area contributed by atoms with Crippen LogP contribution in [0.15, 0.2) is 41.3 Å². The summed E-state index contributed by atoms with van der Waals surface area (Å²) in [5, 5.41) is 5.33. The highest BCUT2D eigenvalue weighted by atomic mass is 16.6. The molecule has 15 nitrogen and oxygen atoms in total. The van der Waals surface area contributed by atoms with E-state index in [4.69, 9.17) is 15.2 Å². The van der Waals surface area contributed by atoms with Gasteiger partial charge in [-0.05, 0) is 102 Å². The van der Waals surface area contributed by atoms with Crippen LogP contribution in [-0.4, -0.2) is 111 Å². The lowest BCUT2D eigenvalue weighted by atomic mass is 9.80. The van der Waals surface area contributed by atoms with Gasteiger partial charge in [-0.25, -0.2) is 19.2 Å². The molecule has 3 fully saturated rings. The van der Waals surface area contributed by atoms with Gasteiger partial charge >= 0.3 is 23.9 Å². The molecule has 3 aliphatic rings. The molecule has 4 unspecified atom stereocenters. The van der Waals surface area contributed by atoms with Crippen molar-refractivity contribution in [2.45, 2.75) is 96.9 Å². The second kappa shape index (κ2) is 15.9. The van der Waals surface area contributed by atoms with Crippen molar-refractivity contribution in [1.82, 2.24) is 29.6 Å². The Balaban J connectivity index is 1.11. The second-order valence-electron chi connectivity index (χ2n) is 15.7. The topological polar surface area (TPSA) is 181 Å². The van der Waals surface area contributed by atoms with E-state index < -0.39 is 35.0 Å². The Labute approximate surface area is 305 Å². The maximum Gasteiger partial charge on any atom is 0.408 e. The van der Waals surface area contributed by atoms with Gasteiger partial charge in [0.1, 0.15) is 23.1 Å². The molecule has 5 rings (SSSR count). The maximum atomic E-state index is 13.2. The number of benzene rings is 1. The minimum absolute atomic E-state index is 0.0783. The minimum atomic E-state index is -1.19. The molecule has 1 saturated carbocycles. The molecule has 2 aliphatic heterocycles. The number of piperazine rings is 1. The number of aromatic nitrogens is 2. The minimum Gasteiger partial charge on any atom is -0.446 e. The Morgan fingerprint density at radius 1 is 0.942 bits per heavy atom. The number of amides is 5. The number of likely N-dealkylation sites (tertiary alicyclic amines) is 1. The van der Waals surface area contributed by atoms with Crippen LogP contribution in [0.1, 0.15) is 72.8 Å². The van der Waals surface area contributed by atoms with Crippen molar-refractivity contribution in [3.8, 4) is 5.69 Å². The highest BCUT2D eigenvalue weighted by Crippen LogP contribution is 2.38. The number of nitrogens with two attached hydrogens (primary N) is 1. The molecule has 52 heavy (non-hydrogen) atoms. The summed E-state index contributed by atoms with van der Waals surface area (Å²) < 4.78 is 12.0. The standard InChI is InChI=1S/C37H54N8O7/c1-7-27(44-22-25-10-13-29(51-32(38)47)21-26(25)23-44)20-24-8-11-28(12-9-24)45-15-14-30(40-34(45)49)39-33(48)43-18-16-42(17-19-43)31(46)37(5,6)41-35(50)52-36(2,3)4/h8-9,11-12,14-15,25-27,29H,7,10,13,16-23H2,1-6H3,(H2,38,47)(H,41,50)(H,39,40,48,49). The van der Waals surface area contributed by atoms with Crippen LogP contribution in [0.25, 0.3) is 5.69 Å². The molecule has 5 amide bonds. The lowest BCUT2D eigenvalue weighted by molar-refractivity contribution is -0.138. The van der Waals surface area contributed by atoms with Crippen molar-refractivity contribution in [2.24, 2.45) is 17.6 Å². The quantitative estimate of drug-likeness (QED) is 0.348. The molecule has 1 aromatic carbocycles. The number of anilines is 1. The summed E-state index contributed by atoms with van der Waals surface area (Å²) in [4.78, 5) is 72.5. The summed E-state index contributed by atoms with van der Waals surface area (Å²) in [5.74, 6) is 0.982. The number of carbonyl (C=O) groups is 4. The number of hydrogen-bond donors (Lipinski definition) is 3. The summed E-state index contributed by atoms with van der Waals surface area (Å²) in [7, 11) is 0. The van der Waals surface area contributed by atoms with Crippen LogP contribution in [0.4, 0.5) is 20.2 Å². The first-order valence-electron chi connectivity index (χ1n) is 18.3. The number of carbonyl (C=O) groups excluding carboxylic acids is 4. The normalized spacial score (nSPS) is 21.5. The molecule has 4 atom stereocenters. The third-order valence-electron chi connectivity index (χ3n) is 10.2. The maximum absolute atomic E-state index is 13.2. The van der Waals surface area contributed by atoms with Crippen molar-refractivity contribution < 1.29 is 28.7 Å². The molecule has 2 aromatic rings. The fourth-order valence-corrected chi connectivity index (χ4v) is 7.57. The zero-order chi connectivity index (χ0) is 37.8. The van der Waals surface area contributed by atoms with E-state index in [1.54, 1.807) is 56.7 Å². The Bertz CT molecular complexity index is 1660. The summed E-state index contributed by atoms with van der Waals surface area (Å²) in [5.41, 5.74) is 4.70. The lowest BCUT2D eigenvalue weighted by Gasteiger charge is -2.38. The van der Waals surface area contributed by atoms with Crippen molar-refractivity contribution in [1.29, 1.82) is 0 Å². The molecule has 284 valence electrons. The molecule has 0 spiro atoms. The Morgan fingerprint density at radius 2 is 1.60 bits per heavy atom. The van der Waals surface area contributed by atoms with Gasteiger partial charge in [0.05, 0.1) is 5.69 Å². The third-order valence-corrected chi connectivity index (χ3v) is 10.2. The number of nitrogens with zero attached hydrogens (tertiary/aromatic N) is 5. The third kappa shape index (κ3) is 9.81. The molecule has 3 heterocycles. The van der Waals surface area contributed by atoms with Gasteiger partial charge in [0.2, 0.25) is 5.91 Å².